The van der Waals surface area contributed by atoms with Crippen molar-refractivity contribution in [1.82, 2.24) is 0 Å². The monoisotopic (exact) mass is 332 g/mol. The van der Waals surface area contributed by atoms with Gasteiger partial charge in [0, 0.05) is 0 Å². The molecule has 6 heteroatoms. The molecule has 0 aromatic rings. The standard InChI is InChI=1S/C14H30O4S.K/c1-2-3-4-5-6-7-8-9-10-11-12-14(13-15)19(16,17)18;/h14-15H,2-13H2,1H3,(H,16,17,18);/q;+1/p-1. The van der Waals surface area contributed by atoms with Crippen LogP contribution in [0.15, 0.2) is 0 Å². The van der Waals surface area contributed by atoms with Crippen LogP contribution in [0.5, 0.6) is 0 Å². The summed E-state index contributed by atoms with van der Waals surface area (Å²) in [5.41, 5.74) is 0. The fourth-order valence-corrected chi connectivity index (χ4v) is 2.82. The molecule has 0 saturated carbocycles. The van der Waals surface area contributed by atoms with Gasteiger partial charge in [-0.05, 0) is 6.42 Å². The second kappa shape index (κ2) is 15.4. The zero-order chi connectivity index (χ0) is 14.6. The Morgan fingerprint density at radius 3 is 1.65 bits per heavy atom. The molecule has 0 saturated heterocycles. The van der Waals surface area contributed by atoms with Crippen molar-refractivity contribution < 1.29 is 69.5 Å². The zero-order valence-corrected chi connectivity index (χ0v) is 17.1. The predicted octanol–water partition coefficient (Wildman–Crippen LogP) is 0.208. The second-order valence-electron chi connectivity index (χ2n) is 5.27. The van der Waals surface area contributed by atoms with Gasteiger partial charge in [0.1, 0.15) is 0 Å². The van der Waals surface area contributed by atoms with E-state index in [2.05, 4.69) is 6.92 Å². The quantitative estimate of drug-likeness (QED) is 0.297. The first-order valence-corrected chi connectivity index (χ1v) is 9.05. The van der Waals surface area contributed by atoms with Crippen molar-refractivity contribution >= 4 is 10.1 Å². The minimum absolute atomic E-state index is 0. The molecule has 0 aromatic carbocycles. The average Bonchev–Trinajstić information content (AvgIpc) is 2.34. The van der Waals surface area contributed by atoms with E-state index >= 15 is 0 Å². The Morgan fingerprint density at radius 2 is 1.30 bits per heavy atom. The Morgan fingerprint density at radius 1 is 0.900 bits per heavy atom. The molecule has 0 aliphatic carbocycles. The molecule has 0 aromatic heterocycles. The number of aliphatic hydroxyl groups excluding tert-OH is 1. The SMILES string of the molecule is CCCCCCCCCCCCC(CO)S(=O)(=O)[O-].[K+]. The second-order valence-corrected chi connectivity index (χ2v) is 6.92. The maximum Gasteiger partial charge on any atom is 1.00 e. The Kier molecular flexibility index (Phi) is 18.3. The van der Waals surface area contributed by atoms with Gasteiger partial charge < -0.3 is 9.66 Å². The van der Waals surface area contributed by atoms with Gasteiger partial charge in [0.2, 0.25) is 0 Å². The van der Waals surface area contributed by atoms with E-state index < -0.39 is 22.0 Å². The minimum Gasteiger partial charge on any atom is -0.748 e. The fourth-order valence-electron chi connectivity index (χ4n) is 2.19. The van der Waals surface area contributed by atoms with E-state index in [9.17, 15) is 13.0 Å². The van der Waals surface area contributed by atoms with Gasteiger partial charge >= 0.3 is 51.4 Å². The molecule has 1 atom stereocenters. The van der Waals surface area contributed by atoms with Crippen molar-refractivity contribution in [2.75, 3.05) is 6.61 Å². The van der Waals surface area contributed by atoms with Crippen LogP contribution in [0.25, 0.3) is 0 Å². The van der Waals surface area contributed by atoms with Crippen LogP contribution in [-0.2, 0) is 10.1 Å². The van der Waals surface area contributed by atoms with Crippen LogP contribution >= 0.6 is 0 Å². The van der Waals surface area contributed by atoms with Crippen LogP contribution in [0.2, 0.25) is 0 Å². The number of hydrogen-bond donors (Lipinski definition) is 1. The van der Waals surface area contributed by atoms with Crippen molar-refractivity contribution in [3.05, 3.63) is 0 Å². The number of rotatable bonds is 13. The summed E-state index contributed by atoms with van der Waals surface area (Å²) in [7, 11) is -4.33. The third-order valence-electron chi connectivity index (χ3n) is 3.49. The van der Waals surface area contributed by atoms with Crippen molar-refractivity contribution in [3.63, 3.8) is 0 Å². The largest absolute Gasteiger partial charge is 1.00 e. The minimum atomic E-state index is -4.33. The molecule has 0 aliphatic heterocycles. The predicted molar refractivity (Wildman–Crippen MR) is 77.0 cm³/mol. The molecule has 20 heavy (non-hydrogen) atoms. The number of hydrogen-bond acceptors (Lipinski definition) is 4. The van der Waals surface area contributed by atoms with E-state index in [4.69, 9.17) is 5.11 Å². The molecule has 0 spiro atoms. The first kappa shape index (κ1) is 23.8. The normalized spacial score (nSPS) is 12.9. The summed E-state index contributed by atoms with van der Waals surface area (Å²) in [6.45, 7) is 1.66. The molecule has 0 fully saturated rings. The van der Waals surface area contributed by atoms with Crippen LogP contribution < -0.4 is 51.4 Å². The van der Waals surface area contributed by atoms with Gasteiger partial charge in [0.15, 0.2) is 0 Å². The summed E-state index contributed by atoms with van der Waals surface area (Å²) < 4.78 is 32.2. The molecule has 0 heterocycles. The maximum absolute atomic E-state index is 10.7. The van der Waals surface area contributed by atoms with E-state index in [1.807, 2.05) is 0 Å². The van der Waals surface area contributed by atoms with Crippen molar-refractivity contribution in [1.29, 1.82) is 0 Å². The molecule has 0 aliphatic rings. The number of unbranched alkanes of at least 4 members (excludes halogenated alkanes) is 9. The molecule has 0 amide bonds. The smallest absolute Gasteiger partial charge is 0.748 e. The van der Waals surface area contributed by atoms with E-state index in [0.717, 1.165) is 12.8 Å². The van der Waals surface area contributed by atoms with E-state index in [1.54, 1.807) is 0 Å². The van der Waals surface area contributed by atoms with Crippen LogP contribution in [0, 0.1) is 0 Å². The first-order valence-electron chi connectivity index (χ1n) is 7.58. The maximum atomic E-state index is 10.7. The molecule has 1 unspecified atom stereocenters. The first-order chi connectivity index (χ1) is 9.02. The number of aliphatic hydroxyl groups is 1. The topological polar surface area (TPSA) is 77.4 Å². The summed E-state index contributed by atoms with van der Waals surface area (Å²) in [5, 5.41) is 7.72. The summed E-state index contributed by atoms with van der Waals surface area (Å²) >= 11 is 0. The molecule has 1 N–H and O–H groups in total. The van der Waals surface area contributed by atoms with E-state index in [1.165, 1.54) is 44.9 Å². The fraction of sp³-hybridized carbons (Fsp3) is 1.00. The molecule has 4 nitrogen and oxygen atoms in total. The summed E-state index contributed by atoms with van der Waals surface area (Å²) in [4.78, 5) is 0. The van der Waals surface area contributed by atoms with Crippen LogP contribution in [-0.4, -0.2) is 29.9 Å². The Hall–Kier alpha value is 1.51. The molecular formula is C14H29KO4S. The van der Waals surface area contributed by atoms with Gasteiger partial charge in [-0.2, -0.15) is 0 Å². The van der Waals surface area contributed by atoms with Gasteiger partial charge in [-0.1, -0.05) is 71.1 Å². The Labute approximate surface area is 167 Å². The molecule has 0 radical (unpaired) electrons. The molecule has 116 valence electrons. The summed E-state index contributed by atoms with van der Waals surface area (Å²) in [5.74, 6) is 0. The zero-order valence-electron chi connectivity index (χ0n) is 13.1. The average molecular weight is 333 g/mol. The summed E-state index contributed by atoms with van der Waals surface area (Å²) in [6, 6.07) is 0. The molecule has 0 rings (SSSR count). The van der Waals surface area contributed by atoms with Gasteiger partial charge in [0.05, 0.1) is 22.0 Å². The van der Waals surface area contributed by atoms with Gasteiger partial charge in [-0.3, -0.25) is 0 Å². The van der Waals surface area contributed by atoms with Crippen molar-refractivity contribution in [2.45, 2.75) is 82.8 Å². The van der Waals surface area contributed by atoms with E-state index in [0.29, 0.717) is 12.8 Å². The van der Waals surface area contributed by atoms with Crippen molar-refractivity contribution in [3.8, 4) is 0 Å². The van der Waals surface area contributed by atoms with Gasteiger partial charge in [-0.25, -0.2) is 8.42 Å². The summed E-state index contributed by atoms with van der Waals surface area (Å²) in [6.07, 6.45) is 12.0. The third-order valence-corrected chi connectivity index (χ3v) is 4.69. The third kappa shape index (κ3) is 14.4. The van der Waals surface area contributed by atoms with Gasteiger partial charge in [-0.15, -0.1) is 0 Å². The molecular weight excluding hydrogens is 303 g/mol. The van der Waals surface area contributed by atoms with E-state index in [-0.39, 0.29) is 51.4 Å². The molecule has 0 bridgehead atoms. The van der Waals surface area contributed by atoms with Crippen molar-refractivity contribution in [2.24, 2.45) is 0 Å². The Balaban J connectivity index is 0. The van der Waals surface area contributed by atoms with Gasteiger partial charge in [0.25, 0.3) is 0 Å². The van der Waals surface area contributed by atoms with Crippen LogP contribution in [0.1, 0.15) is 77.6 Å². The Bertz CT molecular complexity index is 294. The van der Waals surface area contributed by atoms with Crippen LogP contribution in [0.4, 0.5) is 0 Å². The van der Waals surface area contributed by atoms with Crippen LogP contribution in [0.3, 0.4) is 0 Å².